The minimum absolute atomic E-state index is 0.836. The molecule has 0 spiro atoms. The SMILES string of the molecule is O=C([O-])C(O)/C=C/c1ccccc1. The van der Waals surface area contributed by atoms with Crippen LogP contribution in [0.25, 0.3) is 6.08 Å². The predicted molar refractivity (Wildman–Crippen MR) is 46.5 cm³/mol. The van der Waals surface area contributed by atoms with Gasteiger partial charge in [-0.2, -0.15) is 0 Å². The summed E-state index contributed by atoms with van der Waals surface area (Å²) in [4.78, 5) is 10.1. The number of carbonyl (C=O) groups excluding carboxylic acids is 1. The zero-order valence-corrected chi connectivity index (χ0v) is 6.88. The van der Waals surface area contributed by atoms with E-state index in [0.717, 1.165) is 5.56 Å². The van der Waals surface area contributed by atoms with E-state index in [4.69, 9.17) is 5.11 Å². The van der Waals surface area contributed by atoms with Gasteiger partial charge in [-0.1, -0.05) is 36.4 Å². The molecule has 13 heavy (non-hydrogen) atoms. The molecule has 0 aliphatic heterocycles. The van der Waals surface area contributed by atoms with Crippen LogP contribution in [0.15, 0.2) is 36.4 Å². The Bertz CT molecular complexity index is 303. The van der Waals surface area contributed by atoms with Crippen molar-refractivity contribution in [3.05, 3.63) is 42.0 Å². The van der Waals surface area contributed by atoms with Crippen molar-refractivity contribution in [2.24, 2.45) is 0 Å². The quantitative estimate of drug-likeness (QED) is 0.696. The van der Waals surface area contributed by atoms with E-state index in [1.807, 2.05) is 18.2 Å². The van der Waals surface area contributed by atoms with Crippen molar-refractivity contribution in [2.75, 3.05) is 0 Å². The molecule has 1 aromatic rings. The minimum atomic E-state index is -1.54. The smallest absolute Gasteiger partial charge is 0.112 e. The Balaban J connectivity index is 2.64. The Morgan fingerprint density at radius 2 is 2.00 bits per heavy atom. The molecular formula is C10H9O3-. The summed E-state index contributed by atoms with van der Waals surface area (Å²) in [5.41, 5.74) is 0.836. The molecule has 0 amide bonds. The van der Waals surface area contributed by atoms with Crippen molar-refractivity contribution in [2.45, 2.75) is 6.10 Å². The summed E-state index contributed by atoms with van der Waals surface area (Å²) in [5, 5.41) is 18.9. The maximum Gasteiger partial charge on any atom is 0.112 e. The number of aliphatic hydroxyl groups excluding tert-OH is 1. The lowest BCUT2D eigenvalue weighted by atomic mass is 10.2. The van der Waals surface area contributed by atoms with E-state index in [1.54, 1.807) is 12.1 Å². The molecule has 0 aliphatic rings. The van der Waals surface area contributed by atoms with Crippen molar-refractivity contribution in [1.29, 1.82) is 0 Å². The van der Waals surface area contributed by atoms with Gasteiger partial charge in [0, 0.05) is 0 Å². The van der Waals surface area contributed by atoms with E-state index in [2.05, 4.69) is 0 Å². The highest BCUT2D eigenvalue weighted by Gasteiger charge is 1.96. The summed E-state index contributed by atoms with van der Waals surface area (Å²) >= 11 is 0. The van der Waals surface area contributed by atoms with Crippen LogP contribution in [0.5, 0.6) is 0 Å². The number of rotatable bonds is 3. The van der Waals surface area contributed by atoms with Gasteiger partial charge in [0.25, 0.3) is 0 Å². The fourth-order valence-electron chi connectivity index (χ4n) is 0.845. The lowest BCUT2D eigenvalue weighted by molar-refractivity contribution is -0.312. The normalized spacial score (nSPS) is 13.0. The monoisotopic (exact) mass is 177 g/mol. The largest absolute Gasteiger partial charge is 0.547 e. The zero-order chi connectivity index (χ0) is 9.68. The molecule has 3 nitrogen and oxygen atoms in total. The second kappa shape index (κ2) is 4.42. The Morgan fingerprint density at radius 3 is 2.54 bits per heavy atom. The number of carboxylic acids is 1. The maximum atomic E-state index is 10.1. The Hall–Kier alpha value is -1.61. The van der Waals surface area contributed by atoms with Gasteiger partial charge in [0.1, 0.15) is 6.10 Å². The van der Waals surface area contributed by atoms with Crippen LogP contribution in [0.3, 0.4) is 0 Å². The van der Waals surface area contributed by atoms with Crippen molar-refractivity contribution in [3.63, 3.8) is 0 Å². The third-order valence-electron chi connectivity index (χ3n) is 1.51. The molecule has 0 aromatic heterocycles. The number of carboxylic acid groups (broad SMARTS) is 1. The minimum Gasteiger partial charge on any atom is -0.547 e. The van der Waals surface area contributed by atoms with Crippen LogP contribution in [0.4, 0.5) is 0 Å². The molecule has 1 atom stereocenters. The van der Waals surface area contributed by atoms with E-state index in [-0.39, 0.29) is 0 Å². The summed E-state index contributed by atoms with van der Waals surface area (Å²) in [5.74, 6) is -1.49. The van der Waals surface area contributed by atoms with Crippen molar-refractivity contribution in [1.82, 2.24) is 0 Å². The first-order chi connectivity index (χ1) is 6.20. The van der Waals surface area contributed by atoms with Crippen LogP contribution >= 0.6 is 0 Å². The number of aliphatic hydroxyl groups is 1. The Kier molecular flexibility index (Phi) is 3.23. The highest BCUT2D eigenvalue weighted by Crippen LogP contribution is 2.01. The van der Waals surface area contributed by atoms with Gasteiger partial charge in [-0.25, -0.2) is 0 Å². The molecule has 0 saturated carbocycles. The average molecular weight is 177 g/mol. The van der Waals surface area contributed by atoms with Crippen LogP contribution in [-0.4, -0.2) is 17.2 Å². The fourth-order valence-corrected chi connectivity index (χ4v) is 0.845. The number of aliphatic carboxylic acids is 1. The maximum absolute atomic E-state index is 10.1. The molecule has 3 heteroatoms. The third-order valence-corrected chi connectivity index (χ3v) is 1.51. The lowest BCUT2D eigenvalue weighted by Gasteiger charge is -2.04. The van der Waals surface area contributed by atoms with Crippen LogP contribution < -0.4 is 5.11 Å². The topological polar surface area (TPSA) is 60.4 Å². The van der Waals surface area contributed by atoms with Crippen LogP contribution in [0, 0.1) is 0 Å². The van der Waals surface area contributed by atoms with Crippen LogP contribution in [-0.2, 0) is 4.79 Å². The summed E-state index contributed by atoms with van der Waals surface area (Å²) < 4.78 is 0. The standard InChI is InChI=1S/C10H10O3/c11-9(10(12)13)7-6-8-4-2-1-3-5-8/h1-7,9,11H,(H,12,13)/p-1/b7-6+. The summed E-state index contributed by atoms with van der Waals surface area (Å²) in [6, 6.07) is 9.11. The molecular weight excluding hydrogens is 168 g/mol. The molecule has 1 N–H and O–H groups in total. The predicted octanol–water partition coefficient (Wildman–Crippen LogP) is -0.189. The van der Waals surface area contributed by atoms with Gasteiger partial charge in [-0.15, -0.1) is 0 Å². The number of hydrogen-bond acceptors (Lipinski definition) is 3. The number of hydrogen-bond donors (Lipinski definition) is 1. The molecule has 1 unspecified atom stereocenters. The van der Waals surface area contributed by atoms with Crippen molar-refractivity contribution in [3.8, 4) is 0 Å². The molecule has 0 aliphatic carbocycles. The van der Waals surface area contributed by atoms with Crippen molar-refractivity contribution < 1.29 is 15.0 Å². The van der Waals surface area contributed by atoms with Gasteiger partial charge in [-0.05, 0) is 11.6 Å². The van der Waals surface area contributed by atoms with Crippen LogP contribution in [0.2, 0.25) is 0 Å². The average Bonchev–Trinajstić information content (AvgIpc) is 2.15. The molecule has 0 saturated heterocycles. The van der Waals surface area contributed by atoms with Gasteiger partial charge in [0.2, 0.25) is 0 Å². The van der Waals surface area contributed by atoms with E-state index in [9.17, 15) is 9.90 Å². The first-order valence-electron chi connectivity index (χ1n) is 3.82. The second-order valence-corrected chi connectivity index (χ2v) is 2.53. The van der Waals surface area contributed by atoms with E-state index in [0.29, 0.717) is 0 Å². The van der Waals surface area contributed by atoms with E-state index >= 15 is 0 Å². The molecule has 0 radical (unpaired) electrons. The van der Waals surface area contributed by atoms with Gasteiger partial charge in [0.05, 0.1) is 5.97 Å². The number of benzene rings is 1. The van der Waals surface area contributed by atoms with E-state index < -0.39 is 12.1 Å². The Morgan fingerprint density at radius 1 is 1.38 bits per heavy atom. The molecule has 0 heterocycles. The molecule has 1 aromatic carbocycles. The van der Waals surface area contributed by atoms with Gasteiger partial charge < -0.3 is 15.0 Å². The molecule has 68 valence electrons. The first kappa shape index (κ1) is 9.48. The second-order valence-electron chi connectivity index (χ2n) is 2.53. The van der Waals surface area contributed by atoms with Crippen molar-refractivity contribution >= 4 is 12.0 Å². The Labute approximate surface area is 76.0 Å². The lowest BCUT2D eigenvalue weighted by Crippen LogP contribution is -2.33. The third kappa shape index (κ3) is 3.09. The number of carbonyl (C=O) groups is 1. The molecule has 1 rings (SSSR count). The highest BCUT2D eigenvalue weighted by molar-refractivity contribution is 5.73. The first-order valence-corrected chi connectivity index (χ1v) is 3.82. The van der Waals surface area contributed by atoms with Crippen LogP contribution in [0.1, 0.15) is 5.56 Å². The highest BCUT2D eigenvalue weighted by atomic mass is 16.4. The summed E-state index contributed by atoms with van der Waals surface area (Å²) in [6.07, 6.45) is 1.16. The summed E-state index contributed by atoms with van der Waals surface area (Å²) in [7, 11) is 0. The molecule has 0 bridgehead atoms. The van der Waals surface area contributed by atoms with Gasteiger partial charge >= 0.3 is 0 Å². The summed E-state index contributed by atoms with van der Waals surface area (Å²) in [6.45, 7) is 0. The zero-order valence-electron chi connectivity index (χ0n) is 6.88. The van der Waals surface area contributed by atoms with Gasteiger partial charge in [0.15, 0.2) is 0 Å². The van der Waals surface area contributed by atoms with Gasteiger partial charge in [-0.3, -0.25) is 0 Å². The molecule has 0 fully saturated rings. The van der Waals surface area contributed by atoms with E-state index in [1.165, 1.54) is 12.2 Å². The fraction of sp³-hybridized carbons (Fsp3) is 0.100.